The van der Waals surface area contributed by atoms with E-state index in [1.165, 1.54) is 16.5 Å². The summed E-state index contributed by atoms with van der Waals surface area (Å²) < 4.78 is 0. The van der Waals surface area contributed by atoms with Crippen molar-refractivity contribution in [3.8, 4) is 0 Å². The van der Waals surface area contributed by atoms with Crippen LogP contribution in [0.3, 0.4) is 0 Å². The molecule has 0 saturated carbocycles. The van der Waals surface area contributed by atoms with Gasteiger partial charge in [-0.05, 0) is 31.2 Å². The van der Waals surface area contributed by atoms with Crippen molar-refractivity contribution in [3.05, 3.63) is 41.6 Å². The SMILES string of the molecule is Cc1cccc2c(C3CNCCN3C)ccnc12. The summed E-state index contributed by atoms with van der Waals surface area (Å²) in [6, 6.07) is 9.05. The van der Waals surface area contributed by atoms with Crippen molar-refractivity contribution in [2.45, 2.75) is 13.0 Å². The molecule has 1 N–H and O–H groups in total. The number of nitrogens with one attached hydrogen (secondary N) is 1. The monoisotopic (exact) mass is 241 g/mol. The molecule has 2 heterocycles. The average Bonchev–Trinajstić information content (AvgIpc) is 2.40. The number of hydrogen-bond donors (Lipinski definition) is 1. The number of aryl methyl sites for hydroxylation is 1. The molecule has 3 heteroatoms. The Labute approximate surface area is 108 Å². The van der Waals surface area contributed by atoms with Gasteiger partial charge in [-0.3, -0.25) is 9.88 Å². The summed E-state index contributed by atoms with van der Waals surface area (Å²) in [5, 5.41) is 4.77. The minimum atomic E-state index is 0.450. The van der Waals surface area contributed by atoms with Gasteiger partial charge in [0.15, 0.2) is 0 Å². The lowest BCUT2D eigenvalue weighted by Crippen LogP contribution is -2.43. The minimum Gasteiger partial charge on any atom is -0.314 e. The number of piperazine rings is 1. The highest BCUT2D eigenvalue weighted by Gasteiger charge is 2.22. The van der Waals surface area contributed by atoms with Gasteiger partial charge in [-0.1, -0.05) is 18.2 Å². The maximum atomic E-state index is 4.52. The summed E-state index contributed by atoms with van der Waals surface area (Å²) >= 11 is 0. The molecule has 2 aromatic rings. The molecule has 1 unspecified atom stereocenters. The fourth-order valence-corrected chi connectivity index (χ4v) is 2.79. The van der Waals surface area contributed by atoms with Crippen LogP contribution in [0, 0.1) is 6.92 Å². The van der Waals surface area contributed by atoms with Crippen LogP contribution in [-0.4, -0.2) is 36.6 Å². The van der Waals surface area contributed by atoms with Crippen LogP contribution < -0.4 is 5.32 Å². The Hall–Kier alpha value is -1.45. The second kappa shape index (κ2) is 4.67. The van der Waals surface area contributed by atoms with Crippen molar-refractivity contribution in [1.29, 1.82) is 0 Å². The first-order valence-electron chi connectivity index (χ1n) is 6.52. The lowest BCUT2D eigenvalue weighted by atomic mass is 9.98. The molecule has 0 amide bonds. The number of para-hydroxylation sites is 1. The van der Waals surface area contributed by atoms with E-state index in [1.54, 1.807) is 0 Å². The molecule has 3 rings (SSSR count). The van der Waals surface area contributed by atoms with Crippen LogP contribution in [0.4, 0.5) is 0 Å². The highest BCUT2D eigenvalue weighted by Crippen LogP contribution is 2.28. The minimum absolute atomic E-state index is 0.450. The number of benzene rings is 1. The lowest BCUT2D eigenvalue weighted by molar-refractivity contribution is 0.203. The van der Waals surface area contributed by atoms with Gasteiger partial charge in [0.2, 0.25) is 0 Å². The molecule has 0 bridgehead atoms. The predicted molar refractivity (Wildman–Crippen MR) is 74.7 cm³/mol. The van der Waals surface area contributed by atoms with Crippen LogP contribution in [0.5, 0.6) is 0 Å². The summed E-state index contributed by atoms with van der Waals surface area (Å²) in [6.07, 6.45) is 1.94. The fourth-order valence-electron chi connectivity index (χ4n) is 2.79. The van der Waals surface area contributed by atoms with Crippen LogP contribution in [0.2, 0.25) is 0 Å². The van der Waals surface area contributed by atoms with Crippen LogP contribution in [0.15, 0.2) is 30.5 Å². The third kappa shape index (κ3) is 1.89. The number of aromatic nitrogens is 1. The zero-order valence-corrected chi connectivity index (χ0v) is 11.0. The van der Waals surface area contributed by atoms with Crippen molar-refractivity contribution in [3.63, 3.8) is 0 Å². The predicted octanol–water partition coefficient (Wildman–Crippen LogP) is 2.12. The Morgan fingerprint density at radius 2 is 2.22 bits per heavy atom. The van der Waals surface area contributed by atoms with E-state index in [-0.39, 0.29) is 0 Å². The standard InChI is InChI=1S/C15H19N3/c1-11-4-3-5-13-12(6-7-17-15(11)13)14-10-16-8-9-18(14)2/h3-7,14,16H,8-10H2,1-2H3. The van der Waals surface area contributed by atoms with Gasteiger partial charge in [-0.2, -0.15) is 0 Å². The maximum absolute atomic E-state index is 4.52. The van der Waals surface area contributed by atoms with Gasteiger partial charge in [0.05, 0.1) is 5.52 Å². The van der Waals surface area contributed by atoms with Crippen molar-refractivity contribution in [2.75, 3.05) is 26.7 Å². The Morgan fingerprint density at radius 1 is 1.33 bits per heavy atom. The molecule has 1 fully saturated rings. The van der Waals surface area contributed by atoms with E-state index in [9.17, 15) is 0 Å². The smallest absolute Gasteiger partial charge is 0.0734 e. The quantitative estimate of drug-likeness (QED) is 0.829. The number of hydrogen-bond acceptors (Lipinski definition) is 3. The van der Waals surface area contributed by atoms with E-state index in [0.717, 1.165) is 25.2 Å². The van der Waals surface area contributed by atoms with Gasteiger partial charge < -0.3 is 5.32 Å². The van der Waals surface area contributed by atoms with Gasteiger partial charge in [0, 0.05) is 37.3 Å². The van der Waals surface area contributed by atoms with Crippen molar-refractivity contribution in [1.82, 2.24) is 15.2 Å². The van der Waals surface area contributed by atoms with Gasteiger partial charge >= 0.3 is 0 Å². The van der Waals surface area contributed by atoms with E-state index >= 15 is 0 Å². The molecule has 0 aliphatic carbocycles. The van der Waals surface area contributed by atoms with E-state index in [0.29, 0.717) is 6.04 Å². The van der Waals surface area contributed by atoms with Gasteiger partial charge in [0.25, 0.3) is 0 Å². The van der Waals surface area contributed by atoms with E-state index in [1.807, 2.05) is 6.20 Å². The highest BCUT2D eigenvalue weighted by atomic mass is 15.2. The molecular formula is C15H19N3. The number of pyridine rings is 1. The topological polar surface area (TPSA) is 28.2 Å². The summed E-state index contributed by atoms with van der Waals surface area (Å²) in [5.74, 6) is 0. The molecule has 0 radical (unpaired) electrons. The first-order chi connectivity index (χ1) is 8.77. The summed E-state index contributed by atoms with van der Waals surface area (Å²) in [5.41, 5.74) is 3.77. The number of rotatable bonds is 1. The molecule has 1 atom stereocenters. The Balaban J connectivity index is 2.14. The molecule has 1 aromatic heterocycles. The molecule has 1 saturated heterocycles. The van der Waals surface area contributed by atoms with Crippen LogP contribution in [0.25, 0.3) is 10.9 Å². The average molecular weight is 241 g/mol. The van der Waals surface area contributed by atoms with Crippen LogP contribution in [0.1, 0.15) is 17.2 Å². The number of fused-ring (bicyclic) bond motifs is 1. The Kier molecular flexibility index (Phi) is 3.02. The van der Waals surface area contributed by atoms with Crippen molar-refractivity contribution >= 4 is 10.9 Å². The molecule has 94 valence electrons. The molecule has 1 aliphatic heterocycles. The largest absolute Gasteiger partial charge is 0.314 e. The molecule has 1 aromatic carbocycles. The first kappa shape index (κ1) is 11.6. The molecule has 0 spiro atoms. The van der Waals surface area contributed by atoms with Crippen molar-refractivity contribution < 1.29 is 0 Å². The number of likely N-dealkylation sites (N-methyl/N-ethyl adjacent to an activating group) is 1. The van der Waals surface area contributed by atoms with E-state index < -0.39 is 0 Å². The third-order valence-electron chi connectivity index (χ3n) is 3.88. The van der Waals surface area contributed by atoms with E-state index in [4.69, 9.17) is 0 Å². The first-order valence-corrected chi connectivity index (χ1v) is 6.52. The van der Waals surface area contributed by atoms with Crippen molar-refractivity contribution in [2.24, 2.45) is 0 Å². The molecule has 18 heavy (non-hydrogen) atoms. The summed E-state index contributed by atoms with van der Waals surface area (Å²) in [6.45, 7) is 5.32. The number of nitrogens with zero attached hydrogens (tertiary/aromatic N) is 2. The fraction of sp³-hybridized carbons (Fsp3) is 0.400. The zero-order valence-electron chi connectivity index (χ0n) is 11.0. The summed E-state index contributed by atoms with van der Waals surface area (Å²) in [7, 11) is 2.20. The third-order valence-corrected chi connectivity index (χ3v) is 3.88. The second-order valence-corrected chi connectivity index (χ2v) is 5.07. The summed E-state index contributed by atoms with van der Waals surface area (Å²) in [4.78, 5) is 6.95. The normalized spacial score (nSPS) is 21.3. The van der Waals surface area contributed by atoms with Gasteiger partial charge in [0.1, 0.15) is 0 Å². The molecular weight excluding hydrogens is 222 g/mol. The van der Waals surface area contributed by atoms with Crippen LogP contribution in [-0.2, 0) is 0 Å². The van der Waals surface area contributed by atoms with Gasteiger partial charge in [-0.25, -0.2) is 0 Å². The Morgan fingerprint density at radius 3 is 3.06 bits per heavy atom. The molecule has 3 nitrogen and oxygen atoms in total. The van der Waals surface area contributed by atoms with E-state index in [2.05, 4.69) is 53.4 Å². The van der Waals surface area contributed by atoms with Crippen LogP contribution >= 0.6 is 0 Å². The lowest BCUT2D eigenvalue weighted by Gasteiger charge is -2.34. The van der Waals surface area contributed by atoms with Gasteiger partial charge in [-0.15, -0.1) is 0 Å². The Bertz CT molecular complexity index is 565. The second-order valence-electron chi connectivity index (χ2n) is 5.07. The zero-order chi connectivity index (χ0) is 12.5. The highest BCUT2D eigenvalue weighted by molar-refractivity contribution is 5.85. The maximum Gasteiger partial charge on any atom is 0.0734 e. The molecule has 1 aliphatic rings.